The molecule has 1 heterocycles. The molecule has 174 valence electrons. The van der Waals surface area contributed by atoms with Crippen molar-refractivity contribution in [1.29, 1.82) is 0 Å². The Balaban J connectivity index is 1.75. The van der Waals surface area contributed by atoms with E-state index in [0.717, 1.165) is 37.0 Å². The molecule has 0 unspecified atom stereocenters. The van der Waals surface area contributed by atoms with Crippen LogP contribution in [0.3, 0.4) is 0 Å². The summed E-state index contributed by atoms with van der Waals surface area (Å²) in [5.41, 5.74) is 0.463. The fourth-order valence-electron chi connectivity index (χ4n) is 3.40. The van der Waals surface area contributed by atoms with Crippen LogP contribution in [0.25, 0.3) is 0 Å². The molecule has 3 rings (SSSR count). The molecule has 0 saturated carbocycles. The van der Waals surface area contributed by atoms with Gasteiger partial charge in [0.05, 0.1) is 30.9 Å². The van der Waals surface area contributed by atoms with Gasteiger partial charge in [-0.3, -0.25) is 4.90 Å². The zero-order chi connectivity index (χ0) is 23.1. The zero-order valence-corrected chi connectivity index (χ0v) is 19.2. The summed E-state index contributed by atoms with van der Waals surface area (Å²) in [5, 5.41) is 3.04. The summed E-state index contributed by atoms with van der Waals surface area (Å²) in [7, 11) is 1.61. The number of methoxy groups -OCH3 is 1. The summed E-state index contributed by atoms with van der Waals surface area (Å²) in [6.45, 7) is 4.95. The molecule has 1 saturated heterocycles. The van der Waals surface area contributed by atoms with Gasteiger partial charge in [-0.1, -0.05) is 29.8 Å². The SMILES string of the molecule is COc1ccccc1CN(CCN1CCOCC1)C(=S)Nc1ccc(C(F)(F)F)c(Cl)c1. The average Bonchev–Trinajstić information content (AvgIpc) is 2.76. The first-order valence-electron chi connectivity index (χ1n) is 10.1. The smallest absolute Gasteiger partial charge is 0.417 e. The van der Waals surface area contributed by atoms with Crippen LogP contribution < -0.4 is 10.1 Å². The molecule has 0 amide bonds. The Morgan fingerprint density at radius 2 is 1.94 bits per heavy atom. The molecular formula is C22H25ClF3N3O2S. The molecule has 10 heteroatoms. The van der Waals surface area contributed by atoms with E-state index in [1.807, 2.05) is 29.2 Å². The Labute approximate surface area is 196 Å². The summed E-state index contributed by atoms with van der Waals surface area (Å²) >= 11 is 11.5. The number of para-hydroxylation sites is 1. The summed E-state index contributed by atoms with van der Waals surface area (Å²) in [6, 6.07) is 11.2. The third kappa shape index (κ3) is 6.71. The molecule has 1 aliphatic heterocycles. The highest BCUT2D eigenvalue weighted by molar-refractivity contribution is 7.80. The maximum atomic E-state index is 13.0. The Kier molecular flexibility index (Phi) is 8.58. The van der Waals surface area contributed by atoms with Crippen molar-refractivity contribution in [2.45, 2.75) is 12.7 Å². The lowest BCUT2D eigenvalue weighted by Crippen LogP contribution is -2.44. The standard InChI is InChI=1S/C22H25ClF3N3O2S/c1-30-20-5-3-2-4-16(20)15-29(9-8-28-10-12-31-13-11-28)21(32)27-17-6-7-18(19(23)14-17)22(24,25)26/h2-7,14H,8-13,15H2,1H3,(H,27,32). The molecule has 0 atom stereocenters. The predicted molar refractivity (Wildman–Crippen MR) is 123 cm³/mol. The Morgan fingerprint density at radius 1 is 1.22 bits per heavy atom. The number of anilines is 1. The number of nitrogens with one attached hydrogen (secondary N) is 1. The van der Waals surface area contributed by atoms with Crippen LogP contribution >= 0.6 is 23.8 Å². The van der Waals surface area contributed by atoms with E-state index in [1.165, 1.54) is 12.1 Å². The summed E-state index contributed by atoms with van der Waals surface area (Å²) in [5.74, 6) is 0.740. The maximum Gasteiger partial charge on any atom is 0.417 e. The first-order chi connectivity index (χ1) is 15.3. The molecule has 2 aromatic carbocycles. The lowest BCUT2D eigenvalue weighted by molar-refractivity contribution is -0.137. The van der Waals surface area contributed by atoms with Gasteiger partial charge in [0, 0.05) is 44.0 Å². The van der Waals surface area contributed by atoms with Crippen LogP contribution in [0.15, 0.2) is 42.5 Å². The molecule has 32 heavy (non-hydrogen) atoms. The van der Waals surface area contributed by atoms with E-state index in [2.05, 4.69) is 10.2 Å². The number of nitrogens with zero attached hydrogens (tertiary/aromatic N) is 2. The molecule has 2 aromatic rings. The number of ether oxygens (including phenoxy) is 2. The third-order valence-electron chi connectivity index (χ3n) is 5.16. The van der Waals surface area contributed by atoms with Crippen molar-refractivity contribution < 1.29 is 22.6 Å². The van der Waals surface area contributed by atoms with E-state index in [4.69, 9.17) is 33.3 Å². The number of hydrogen-bond donors (Lipinski definition) is 1. The zero-order valence-electron chi connectivity index (χ0n) is 17.6. The molecule has 1 N–H and O–H groups in total. The van der Waals surface area contributed by atoms with Crippen molar-refractivity contribution in [2.75, 3.05) is 51.8 Å². The topological polar surface area (TPSA) is 37.0 Å². The van der Waals surface area contributed by atoms with Crippen LogP contribution in [0.1, 0.15) is 11.1 Å². The van der Waals surface area contributed by atoms with Crippen LogP contribution in [0.4, 0.5) is 18.9 Å². The van der Waals surface area contributed by atoms with Gasteiger partial charge in [0.15, 0.2) is 5.11 Å². The lowest BCUT2D eigenvalue weighted by Gasteiger charge is -2.32. The number of benzene rings is 2. The van der Waals surface area contributed by atoms with Crippen molar-refractivity contribution in [3.05, 3.63) is 58.6 Å². The third-order valence-corrected chi connectivity index (χ3v) is 5.83. The molecule has 0 spiro atoms. The Hall–Kier alpha value is -2.07. The summed E-state index contributed by atoms with van der Waals surface area (Å²) < 4.78 is 49.9. The number of morpholine rings is 1. The number of thiocarbonyl (C=S) groups is 1. The number of halogens is 4. The van der Waals surface area contributed by atoms with Gasteiger partial charge in [0.1, 0.15) is 5.75 Å². The summed E-state index contributed by atoms with van der Waals surface area (Å²) in [6.07, 6.45) is -4.51. The fraction of sp³-hybridized carbons (Fsp3) is 0.409. The normalized spacial score (nSPS) is 14.8. The monoisotopic (exact) mass is 487 g/mol. The van der Waals surface area contributed by atoms with Gasteiger partial charge in [0.25, 0.3) is 0 Å². The van der Waals surface area contributed by atoms with Crippen molar-refractivity contribution in [3.8, 4) is 5.75 Å². The molecule has 1 fully saturated rings. The van der Waals surface area contributed by atoms with Gasteiger partial charge in [-0.25, -0.2) is 0 Å². The highest BCUT2D eigenvalue weighted by Gasteiger charge is 2.33. The van der Waals surface area contributed by atoms with E-state index in [-0.39, 0.29) is 5.02 Å². The Bertz CT molecular complexity index is 924. The van der Waals surface area contributed by atoms with Gasteiger partial charge in [0.2, 0.25) is 0 Å². The van der Waals surface area contributed by atoms with Crippen LogP contribution in [0.5, 0.6) is 5.75 Å². The van der Waals surface area contributed by atoms with E-state index in [9.17, 15) is 13.2 Å². The molecule has 0 aromatic heterocycles. The van der Waals surface area contributed by atoms with Crippen molar-refractivity contribution >= 4 is 34.6 Å². The first-order valence-corrected chi connectivity index (χ1v) is 10.9. The van der Waals surface area contributed by atoms with Crippen molar-refractivity contribution in [3.63, 3.8) is 0 Å². The minimum Gasteiger partial charge on any atom is -0.496 e. The number of alkyl halides is 3. The highest BCUT2D eigenvalue weighted by atomic mass is 35.5. The van der Waals surface area contributed by atoms with E-state index in [0.29, 0.717) is 37.1 Å². The van der Waals surface area contributed by atoms with E-state index in [1.54, 1.807) is 7.11 Å². The van der Waals surface area contributed by atoms with Crippen LogP contribution in [-0.4, -0.2) is 61.4 Å². The van der Waals surface area contributed by atoms with Gasteiger partial charge in [-0.15, -0.1) is 0 Å². The second kappa shape index (κ2) is 11.2. The van der Waals surface area contributed by atoms with Crippen LogP contribution in [-0.2, 0) is 17.5 Å². The van der Waals surface area contributed by atoms with Gasteiger partial charge in [-0.05, 0) is 36.5 Å². The van der Waals surface area contributed by atoms with Crippen LogP contribution in [0, 0.1) is 0 Å². The van der Waals surface area contributed by atoms with Crippen molar-refractivity contribution in [2.24, 2.45) is 0 Å². The predicted octanol–water partition coefficient (Wildman–Crippen LogP) is 4.90. The fourth-order valence-corrected chi connectivity index (χ4v) is 3.97. The minimum atomic E-state index is -4.51. The molecule has 1 aliphatic rings. The van der Waals surface area contributed by atoms with Gasteiger partial charge < -0.3 is 19.7 Å². The second-order valence-electron chi connectivity index (χ2n) is 7.31. The van der Waals surface area contributed by atoms with E-state index < -0.39 is 11.7 Å². The molecule has 5 nitrogen and oxygen atoms in total. The van der Waals surface area contributed by atoms with E-state index >= 15 is 0 Å². The van der Waals surface area contributed by atoms with Gasteiger partial charge in [-0.2, -0.15) is 13.2 Å². The second-order valence-corrected chi connectivity index (χ2v) is 8.10. The molecule has 0 radical (unpaired) electrons. The largest absolute Gasteiger partial charge is 0.496 e. The number of rotatable bonds is 7. The van der Waals surface area contributed by atoms with Crippen LogP contribution in [0.2, 0.25) is 5.02 Å². The van der Waals surface area contributed by atoms with Crippen molar-refractivity contribution in [1.82, 2.24) is 9.80 Å². The average molecular weight is 488 g/mol. The van der Waals surface area contributed by atoms with Gasteiger partial charge >= 0.3 is 6.18 Å². The number of hydrogen-bond acceptors (Lipinski definition) is 4. The highest BCUT2D eigenvalue weighted by Crippen LogP contribution is 2.36. The Morgan fingerprint density at radius 3 is 2.59 bits per heavy atom. The maximum absolute atomic E-state index is 13.0. The molecule has 0 aliphatic carbocycles. The summed E-state index contributed by atoms with van der Waals surface area (Å²) in [4.78, 5) is 4.25. The quantitative estimate of drug-likeness (QED) is 0.560. The minimum absolute atomic E-state index is 0.380. The lowest BCUT2D eigenvalue weighted by atomic mass is 10.2. The molecular weight excluding hydrogens is 463 g/mol. The molecule has 0 bridgehead atoms. The first kappa shape index (κ1) is 24.6.